The fraction of sp³-hybridized carbons (Fsp3) is 0.696. The number of rotatable bonds is 3. The number of ether oxygens (including phenoxy) is 1. The van der Waals surface area contributed by atoms with Gasteiger partial charge in [0, 0.05) is 18.3 Å². The van der Waals surface area contributed by atoms with Gasteiger partial charge in [0.15, 0.2) is 11.5 Å². The molecule has 0 spiro atoms. The van der Waals surface area contributed by atoms with E-state index in [1.807, 2.05) is 0 Å². The molecule has 28 heavy (non-hydrogen) atoms. The third kappa shape index (κ3) is 2.77. The molecule has 0 radical (unpaired) electrons. The molecule has 0 aromatic carbocycles. The van der Waals surface area contributed by atoms with Crippen LogP contribution < -0.4 is 0 Å². The van der Waals surface area contributed by atoms with E-state index < -0.39 is 5.97 Å². The maximum atomic E-state index is 12.8. The van der Waals surface area contributed by atoms with Crippen LogP contribution in [0.3, 0.4) is 0 Å². The fourth-order valence-electron chi connectivity index (χ4n) is 7.08. The van der Waals surface area contributed by atoms with Crippen LogP contribution in [0.25, 0.3) is 0 Å². The van der Waals surface area contributed by atoms with Crippen LogP contribution in [0.15, 0.2) is 23.5 Å². The van der Waals surface area contributed by atoms with Crippen molar-refractivity contribution in [2.45, 2.75) is 59.3 Å². The van der Waals surface area contributed by atoms with Crippen LogP contribution in [0.4, 0.5) is 0 Å². The number of hydrogen-bond donors (Lipinski definition) is 1. The molecule has 0 heterocycles. The van der Waals surface area contributed by atoms with E-state index in [9.17, 15) is 19.5 Å². The number of Topliss-reactive ketones (excluding diaryl/α,β-unsaturated/α-hetero) is 1. The molecule has 0 amide bonds. The first-order chi connectivity index (χ1) is 13.2. The summed E-state index contributed by atoms with van der Waals surface area (Å²) >= 11 is 0. The first-order valence-electron chi connectivity index (χ1n) is 10.5. The molecule has 152 valence electrons. The van der Waals surface area contributed by atoms with Gasteiger partial charge in [0.2, 0.25) is 5.78 Å². The maximum absolute atomic E-state index is 12.8. The van der Waals surface area contributed by atoms with Gasteiger partial charge in [-0.1, -0.05) is 19.4 Å². The summed E-state index contributed by atoms with van der Waals surface area (Å²) in [5.41, 5.74) is 0.842. The van der Waals surface area contributed by atoms with Gasteiger partial charge in [-0.3, -0.25) is 14.4 Å². The molecule has 0 unspecified atom stereocenters. The SMILES string of the molecule is CC(=O)OCC(=O)[C@H]1CC[C@H]2[C@@H]3CCC4=CC(=O)C(O)=C[C@]4(C)[C@H]3CC[C@]12C. The number of aliphatic hydroxyl groups excluding tert-OH is 1. The number of fused-ring (bicyclic) bond motifs is 5. The van der Waals surface area contributed by atoms with Crippen molar-refractivity contribution in [1.82, 2.24) is 0 Å². The van der Waals surface area contributed by atoms with Crippen molar-refractivity contribution < 1.29 is 24.2 Å². The molecule has 0 bridgehead atoms. The predicted molar refractivity (Wildman–Crippen MR) is 103 cm³/mol. The van der Waals surface area contributed by atoms with E-state index in [0.29, 0.717) is 17.8 Å². The molecule has 4 aliphatic carbocycles. The average molecular weight is 386 g/mol. The smallest absolute Gasteiger partial charge is 0.303 e. The molecule has 4 aliphatic rings. The quantitative estimate of drug-likeness (QED) is 0.744. The molecular formula is C23H30O5. The van der Waals surface area contributed by atoms with E-state index in [-0.39, 0.29) is 40.7 Å². The van der Waals surface area contributed by atoms with Crippen molar-refractivity contribution in [3.8, 4) is 0 Å². The van der Waals surface area contributed by atoms with E-state index >= 15 is 0 Å². The summed E-state index contributed by atoms with van der Waals surface area (Å²) in [6, 6.07) is 0. The van der Waals surface area contributed by atoms with E-state index in [0.717, 1.165) is 44.1 Å². The molecule has 0 aromatic heterocycles. The lowest BCUT2D eigenvalue weighted by molar-refractivity contribution is -0.149. The van der Waals surface area contributed by atoms with Gasteiger partial charge in [-0.25, -0.2) is 0 Å². The normalized spacial score (nSPS) is 41.9. The molecule has 4 rings (SSSR count). The van der Waals surface area contributed by atoms with Crippen molar-refractivity contribution in [1.29, 1.82) is 0 Å². The maximum Gasteiger partial charge on any atom is 0.303 e. The Bertz CT molecular complexity index is 793. The Labute approximate surface area is 166 Å². The van der Waals surface area contributed by atoms with Gasteiger partial charge in [-0.15, -0.1) is 0 Å². The fourth-order valence-corrected chi connectivity index (χ4v) is 7.08. The molecule has 5 nitrogen and oxygen atoms in total. The highest BCUT2D eigenvalue weighted by Gasteiger charge is 2.60. The largest absolute Gasteiger partial charge is 0.504 e. The van der Waals surface area contributed by atoms with Gasteiger partial charge in [0.1, 0.15) is 6.61 Å². The minimum atomic E-state index is -0.408. The van der Waals surface area contributed by atoms with Gasteiger partial charge in [0.05, 0.1) is 0 Å². The minimum absolute atomic E-state index is 0.0422. The summed E-state index contributed by atoms with van der Waals surface area (Å²) in [4.78, 5) is 35.8. The van der Waals surface area contributed by atoms with E-state index in [1.54, 1.807) is 12.2 Å². The van der Waals surface area contributed by atoms with Crippen molar-refractivity contribution in [2.75, 3.05) is 6.61 Å². The molecule has 6 atom stereocenters. The first kappa shape index (κ1) is 19.4. The highest BCUT2D eigenvalue weighted by Crippen LogP contribution is 2.66. The molecule has 0 aromatic rings. The second-order valence-corrected chi connectivity index (χ2v) is 9.68. The van der Waals surface area contributed by atoms with Gasteiger partial charge in [-0.2, -0.15) is 0 Å². The van der Waals surface area contributed by atoms with Crippen molar-refractivity contribution in [2.24, 2.45) is 34.5 Å². The second-order valence-electron chi connectivity index (χ2n) is 9.68. The Balaban J connectivity index is 1.58. The number of esters is 1. The van der Waals surface area contributed by atoms with Gasteiger partial charge >= 0.3 is 5.97 Å². The Morgan fingerprint density at radius 1 is 1.18 bits per heavy atom. The van der Waals surface area contributed by atoms with Gasteiger partial charge in [-0.05, 0) is 73.8 Å². The summed E-state index contributed by atoms with van der Waals surface area (Å²) in [6.07, 6.45) is 9.20. The Hall–Kier alpha value is -1.91. The minimum Gasteiger partial charge on any atom is -0.504 e. The first-order valence-corrected chi connectivity index (χ1v) is 10.5. The molecule has 3 fully saturated rings. The zero-order chi connectivity index (χ0) is 20.3. The van der Waals surface area contributed by atoms with Crippen LogP contribution in [-0.2, 0) is 19.1 Å². The molecular weight excluding hydrogens is 356 g/mol. The summed E-state index contributed by atoms with van der Waals surface area (Å²) in [6.45, 7) is 5.64. The number of allylic oxidation sites excluding steroid dienone is 3. The number of ketones is 2. The van der Waals surface area contributed by atoms with E-state index in [4.69, 9.17) is 4.74 Å². The Morgan fingerprint density at radius 3 is 2.64 bits per heavy atom. The van der Waals surface area contributed by atoms with Crippen LogP contribution >= 0.6 is 0 Å². The van der Waals surface area contributed by atoms with E-state index in [1.165, 1.54) is 6.92 Å². The highest BCUT2D eigenvalue weighted by molar-refractivity contribution is 6.04. The van der Waals surface area contributed by atoms with Crippen LogP contribution in [0.5, 0.6) is 0 Å². The number of carbonyl (C=O) groups is 3. The van der Waals surface area contributed by atoms with Crippen molar-refractivity contribution in [3.63, 3.8) is 0 Å². The van der Waals surface area contributed by atoms with Crippen LogP contribution in [0.1, 0.15) is 59.3 Å². The average Bonchev–Trinajstić information content (AvgIpc) is 2.98. The molecule has 5 heteroatoms. The number of hydrogen-bond acceptors (Lipinski definition) is 5. The van der Waals surface area contributed by atoms with Crippen LogP contribution in [0.2, 0.25) is 0 Å². The lowest BCUT2D eigenvalue weighted by atomic mass is 9.47. The molecule has 1 N–H and O–H groups in total. The Morgan fingerprint density at radius 2 is 1.93 bits per heavy atom. The van der Waals surface area contributed by atoms with Gasteiger partial charge in [0.25, 0.3) is 0 Å². The van der Waals surface area contributed by atoms with Gasteiger partial charge < -0.3 is 9.84 Å². The van der Waals surface area contributed by atoms with Crippen molar-refractivity contribution in [3.05, 3.63) is 23.5 Å². The summed E-state index contributed by atoms with van der Waals surface area (Å²) in [5, 5.41) is 10.1. The van der Waals surface area contributed by atoms with Crippen LogP contribution in [0, 0.1) is 34.5 Å². The zero-order valence-corrected chi connectivity index (χ0v) is 17.0. The molecule has 0 aliphatic heterocycles. The number of carbonyl (C=O) groups excluding carboxylic acids is 3. The third-order valence-electron chi connectivity index (χ3n) is 8.45. The lowest BCUT2D eigenvalue weighted by Crippen LogP contribution is -2.50. The summed E-state index contributed by atoms with van der Waals surface area (Å²) in [5.74, 6) is 0.553. The standard InChI is InChI=1S/C23H30O5/c1-13(24)28-12-21(27)18-7-6-16-15-5-4-14-10-19(25)20(26)11-23(14,3)17(15)8-9-22(16,18)2/h10-11,15-18,26H,4-9,12H2,1-3H3/t15-,16-,17-,18+,22-,23-/m0/s1. The lowest BCUT2D eigenvalue weighted by Gasteiger charge is -2.56. The van der Waals surface area contributed by atoms with Crippen LogP contribution in [-0.4, -0.2) is 29.2 Å². The topological polar surface area (TPSA) is 80.7 Å². The summed E-state index contributed by atoms with van der Waals surface area (Å²) in [7, 11) is 0. The Kier molecular flexibility index (Phi) is 4.55. The highest BCUT2D eigenvalue weighted by atomic mass is 16.5. The monoisotopic (exact) mass is 386 g/mol. The van der Waals surface area contributed by atoms with E-state index in [2.05, 4.69) is 13.8 Å². The molecule has 0 saturated heterocycles. The third-order valence-corrected chi connectivity index (χ3v) is 8.45. The second kappa shape index (κ2) is 6.57. The predicted octanol–water partition coefficient (Wildman–Crippen LogP) is 3.93. The zero-order valence-electron chi connectivity index (χ0n) is 17.0. The number of aliphatic hydroxyl groups is 1. The summed E-state index contributed by atoms with van der Waals surface area (Å²) < 4.78 is 4.99. The molecule has 3 saturated carbocycles. The van der Waals surface area contributed by atoms with Crippen molar-refractivity contribution >= 4 is 17.5 Å².